The molecular formula is C12H22N2O. The summed E-state index contributed by atoms with van der Waals surface area (Å²) in [7, 11) is 0. The van der Waals surface area contributed by atoms with E-state index in [2.05, 4.69) is 4.90 Å². The van der Waals surface area contributed by atoms with Crippen molar-refractivity contribution in [2.24, 2.45) is 11.7 Å². The average Bonchev–Trinajstić information content (AvgIpc) is 2.73. The number of rotatable bonds is 3. The lowest BCUT2D eigenvalue weighted by molar-refractivity contribution is -0.135. The van der Waals surface area contributed by atoms with Crippen molar-refractivity contribution >= 4 is 5.91 Å². The molecule has 15 heavy (non-hydrogen) atoms. The Labute approximate surface area is 92.0 Å². The van der Waals surface area contributed by atoms with Crippen LogP contribution in [-0.2, 0) is 4.79 Å². The fraction of sp³-hybridized carbons (Fsp3) is 0.917. The van der Waals surface area contributed by atoms with Crippen LogP contribution in [0.15, 0.2) is 0 Å². The maximum atomic E-state index is 12.0. The van der Waals surface area contributed by atoms with Gasteiger partial charge in [0.1, 0.15) is 0 Å². The number of amides is 1. The lowest BCUT2D eigenvalue weighted by Crippen LogP contribution is -2.46. The zero-order chi connectivity index (χ0) is 10.7. The number of hydrogen-bond donors (Lipinski definition) is 1. The molecule has 0 radical (unpaired) electrons. The van der Waals surface area contributed by atoms with E-state index in [4.69, 9.17) is 5.73 Å². The van der Waals surface area contributed by atoms with Crippen molar-refractivity contribution in [3.8, 4) is 0 Å². The van der Waals surface area contributed by atoms with Crippen molar-refractivity contribution in [1.29, 1.82) is 0 Å². The number of carbonyl (C=O) groups is 1. The predicted octanol–water partition coefficient (Wildman–Crippen LogP) is 1.52. The molecule has 2 N–H and O–H groups in total. The second-order valence-electron chi connectivity index (χ2n) is 4.88. The van der Waals surface area contributed by atoms with Crippen LogP contribution >= 0.6 is 0 Å². The van der Waals surface area contributed by atoms with E-state index < -0.39 is 0 Å². The molecule has 0 aromatic carbocycles. The van der Waals surface area contributed by atoms with E-state index in [-0.39, 0.29) is 0 Å². The molecule has 1 saturated carbocycles. The van der Waals surface area contributed by atoms with Crippen LogP contribution in [0.5, 0.6) is 0 Å². The summed E-state index contributed by atoms with van der Waals surface area (Å²) in [4.78, 5) is 14.1. The molecule has 2 atom stereocenters. The standard InChI is InChI=1S/C12H22N2O/c13-8-2-7-12(15)14-9-3-5-10-4-1-6-11(10)14/h10-11H,1-9,13H2. The molecule has 2 aliphatic rings. The van der Waals surface area contributed by atoms with Crippen LogP contribution in [0.4, 0.5) is 0 Å². The summed E-state index contributed by atoms with van der Waals surface area (Å²) in [5, 5.41) is 0. The summed E-state index contributed by atoms with van der Waals surface area (Å²) >= 11 is 0. The van der Waals surface area contributed by atoms with E-state index in [0.717, 1.165) is 18.9 Å². The molecule has 2 rings (SSSR count). The van der Waals surface area contributed by atoms with Gasteiger partial charge in [-0.15, -0.1) is 0 Å². The van der Waals surface area contributed by atoms with Crippen LogP contribution in [0.2, 0.25) is 0 Å². The second-order valence-corrected chi connectivity index (χ2v) is 4.88. The van der Waals surface area contributed by atoms with Crippen molar-refractivity contribution in [1.82, 2.24) is 4.90 Å². The molecule has 3 heteroatoms. The van der Waals surface area contributed by atoms with Crippen LogP contribution < -0.4 is 5.73 Å². The number of nitrogens with two attached hydrogens (primary N) is 1. The molecule has 1 amide bonds. The fourth-order valence-electron chi connectivity index (χ4n) is 3.16. The fourth-order valence-corrected chi connectivity index (χ4v) is 3.16. The van der Waals surface area contributed by atoms with Gasteiger partial charge in [0, 0.05) is 19.0 Å². The summed E-state index contributed by atoms with van der Waals surface area (Å²) in [5.74, 6) is 1.15. The van der Waals surface area contributed by atoms with Gasteiger partial charge >= 0.3 is 0 Å². The maximum Gasteiger partial charge on any atom is 0.222 e. The molecule has 3 nitrogen and oxygen atoms in total. The topological polar surface area (TPSA) is 46.3 Å². The predicted molar refractivity (Wildman–Crippen MR) is 60.4 cm³/mol. The third-order valence-electron chi connectivity index (χ3n) is 3.91. The van der Waals surface area contributed by atoms with Crippen molar-refractivity contribution < 1.29 is 4.79 Å². The zero-order valence-corrected chi connectivity index (χ0v) is 9.45. The van der Waals surface area contributed by atoms with Gasteiger partial charge in [-0.05, 0) is 44.6 Å². The van der Waals surface area contributed by atoms with Crippen LogP contribution in [0.25, 0.3) is 0 Å². The molecule has 1 saturated heterocycles. The largest absolute Gasteiger partial charge is 0.339 e. The number of fused-ring (bicyclic) bond motifs is 1. The van der Waals surface area contributed by atoms with Crippen LogP contribution in [0.3, 0.4) is 0 Å². The number of likely N-dealkylation sites (tertiary alicyclic amines) is 1. The minimum atomic E-state index is 0.344. The number of hydrogen-bond acceptors (Lipinski definition) is 2. The van der Waals surface area contributed by atoms with E-state index in [0.29, 0.717) is 24.9 Å². The van der Waals surface area contributed by atoms with Gasteiger partial charge in [0.15, 0.2) is 0 Å². The quantitative estimate of drug-likeness (QED) is 0.767. The monoisotopic (exact) mass is 210 g/mol. The lowest BCUT2D eigenvalue weighted by Gasteiger charge is -2.38. The van der Waals surface area contributed by atoms with Gasteiger partial charge in [-0.1, -0.05) is 6.42 Å². The van der Waals surface area contributed by atoms with Crippen LogP contribution in [0, 0.1) is 5.92 Å². The minimum Gasteiger partial charge on any atom is -0.339 e. The van der Waals surface area contributed by atoms with E-state index in [9.17, 15) is 4.79 Å². The van der Waals surface area contributed by atoms with Gasteiger partial charge in [0.25, 0.3) is 0 Å². The summed E-state index contributed by atoms with van der Waals surface area (Å²) < 4.78 is 0. The first-order valence-electron chi connectivity index (χ1n) is 6.32. The Balaban J connectivity index is 1.92. The Morgan fingerprint density at radius 1 is 1.27 bits per heavy atom. The zero-order valence-electron chi connectivity index (χ0n) is 9.45. The Bertz CT molecular complexity index is 230. The first-order valence-corrected chi connectivity index (χ1v) is 6.32. The first-order chi connectivity index (χ1) is 7.33. The van der Waals surface area contributed by atoms with Gasteiger partial charge in [0.05, 0.1) is 0 Å². The van der Waals surface area contributed by atoms with Gasteiger partial charge in [-0.3, -0.25) is 4.79 Å². The van der Waals surface area contributed by atoms with E-state index in [1.54, 1.807) is 0 Å². The highest BCUT2D eigenvalue weighted by atomic mass is 16.2. The average molecular weight is 210 g/mol. The molecule has 2 unspecified atom stereocenters. The van der Waals surface area contributed by atoms with Gasteiger partial charge < -0.3 is 10.6 Å². The Kier molecular flexibility index (Phi) is 3.62. The third-order valence-corrected chi connectivity index (χ3v) is 3.91. The van der Waals surface area contributed by atoms with Crippen molar-refractivity contribution in [2.45, 2.75) is 51.0 Å². The molecule has 1 heterocycles. The SMILES string of the molecule is NCCCC(=O)N1CCCC2CCCC21. The normalized spacial score (nSPS) is 30.3. The Morgan fingerprint density at radius 2 is 2.07 bits per heavy atom. The number of piperidine rings is 1. The van der Waals surface area contributed by atoms with Crippen LogP contribution in [-0.4, -0.2) is 29.9 Å². The molecule has 0 aromatic heterocycles. The third kappa shape index (κ3) is 2.33. The summed E-state index contributed by atoms with van der Waals surface area (Å²) in [6, 6.07) is 0.573. The highest BCUT2D eigenvalue weighted by molar-refractivity contribution is 5.76. The molecule has 0 spiro atoms. The highest BCUT2D eigenvalue weighted by Gasteiger charge is 2.36. The lowest BCUT2D eigenvalue weighted by atomic mass is 9.91. The van der Waals surface area contributed by atoms with E-state index in [1.165, 1.54) is 32.1 Å². The Morgan fingerprint density at radius 3 is 2.87 bits per heavy atom. The molecule has 1 aliphatic carbocycles. The molecule has 0 aromatic rings. The van der Waals surface area contributed by atoms with Gasteiger partial charge in [0.2, 0.25) is 5.91 Å². The van der Waals surface area contributed by atoms with Crippen molar-refractivity contribution in [3.63, 3.8) is 0 Å². The summed E-state index contributed by atoms with van der Waals surface area (Å²) in [6.45, 7) is 1.62. The summed E-state index contributed by atoms with van der Waals surface area (Å²) in [5.41, 5.74) is 5.44. The summed E-state index contributed by atoms with van der Waals surface area (Å²) in [6.07, 6.45) is 7.92. The second kappa shape index (κ2) is 4.97. The molecular weight excluding hydrogens is 188 g/mol. The number of carbonyl (C=O) groups excluding carboxylic acids is 1. The minimum absolute atomic E-state index is 0.344. The van der Waals surface area contributed by atoms with E-state index in [1.807, 2.05) is 0 Å². The maximum absolute atomic E-state index is 12.0. The van der Waals surface area contributed by atoms with Crippen LogP contribution in [0.1, 0.15) is 44.9 Å². The number of nitrogens with zero attached hydrogens (tertiary/aromatic N) is 1. The smallest absolute Gasteiger partial charge is 0.222 e. The molecule has 86 valence electrons. The highest BCUT2D eigenvalue weighted by Crippen LogP contribution is 2.36. The molecule has 1 aliphatic heterocycles. The first kappa shape index (κ1) is 10.9. The molecule has 0 bridgehead atoms. The van der Waals surface area contributed by atoms with Gasteiger partial charge in [-0.2, -0.15) is 0 Å². The van der Waals surface area contributed by atoms with Gasteiger partial charge in [-0.25, -0.2) is 0 Å². The molecule has 2 fully saturated rings. The Hall–Kier alpha value is -0.570. The van der Waals surface area contributed by atoms with E-state index >= 15 is 0 Å². The van der Waals surface area contributed by atoms with Crippen molar-refractivity contribution in [3.05, 3.63) is 0 Å². The van der Waals surface area contributed by atoms with Crippen molar-refractivity contribution in [2.75, 3.05) is 13.1 Å².